The number of thiazole rings is 1. The summed E-state index contributed by atoms with van der Waals surface area (Å²) in [5.74, 6) is 0.112. The molecule has 2 saturated carbocycles. The highest BCUT2D eigenvalue weighted by molar-refractivity contribution is 7.91. The molecule has 0 radical (unpaired) electrons. The number of nitrogens with one attached hydrogen (secondary N) is 1. The van der Waals surface area contributed by atoms with Gasteiger partial charge in [-0.2, -0.15) is 5.26 Å². The maximum Gasteiger partial charge on any atom is 0.225 e. The molecule has 1 amide bonds. The summed E-state index contributed by atoms with van der Waals surface area (Å²) in [6.45, 7) is 3.28. The quantitative estimate of drug-likeness (QED) is 0.331. The van der Waals surface area contributed by atoms with Crippen LogP contribution in [0.4, 0.5) is 10.1 Å². The smallest absolute Gasteiger partial charge is 0.225 e. The van der Waals surface area contributed by atoms with Crippen molar-refractivity contribution in [3.63, 3.8) is 0 Å². The van der Waals surface area contributed by atoms with Crippen LogP contribution in [-0.4, -0.2) is 51.7 Å². The van der Waals surface area contributed by atoms with E-state index in [1.807, 2.05) is 12.1 Å². The Balaban J connectivity index is 1.50. The Kier molecular flexibility index (Phi) is 8.40. The first kappa shape index (κ1) is 28.5. The third-order valence-corrected chi connectivity index (χ3v) is 10.3. The van der Waals surface area contributed by atoms with Gasteiger partial charge in [0.05, 0.1) is 35.4 Å². The third kappa shape index (κ3) is 6.29. The largest absolute Gasteiger partial charge is 0.616 e. The minimum atomic E-state index is -1.08. The number of nitriles is 1. The van der Waals surface area contributed by atoms with Crippen LogP contribution in [0, 0.1) is 17.2 Å². The normalized spacial score (nSPS) is 25.4. The van der Waals surface area contributed by atoms with Gasteiger partial charge < -0.3 is 26.2 Å². The molecule has 3 atom stereocenters. The van der Waals surface area contributed by atoms with Gasteiger partial charge in [0, 0.05) is 23.2 Å². The van der Waals surface area contributed by atoms with Crippen LogP contribution in [0.15, 0.2) is 42.1 Å². The van der Waals surface area contributed by atoms with Crippen molar-refractivity contribution >= 4 is 39.8 Å². The van der Waals surface area contributed by atoms with Crippen molar-refractivity contribution in [2.24, 2.45) is 17.4 Å². The summed E-state index contributed by atoms with van der Waals surface area (Å²) in [7, 11) is 0. The molecule has 2 aromatic rings. The second-order valence-corrected chi connectivity index (χ2v) is 13.6. The molecular weight excluding hydrogens is 547 g/mol. The zero-order valence-electron chi connectivity index (χ0n) is 22.6. The van der Waals surface area contributed by atoms with Crippen LogP contribution in [0.5, 0.6) is 0 Å². The number of allylic oxidation sites excluding steroid dienone is 3. The molecule has 0 bridgehead atoms. The number of benzene rings is 1. The Morgan fingerprint density at radius 1 is 1.25 bits per heavy atom. The Bertz CT molecular complexity index is 1340. The zero-order valence-corrected chi connectivity index (χ0v) is 24.2. The number of alkyl halides is 1. The average Bonchev–Trinajstić information content (AvgIpc) is 3.58. The zero-order chi connectivity index (χ0) is 28.4. The number of nitrogens with two attached hydrogens (primary N) is 2. The van der Waals surface area contributed by atoms with Gasteiger partial charge in [-0.3, -0.25) is 4.79 Å². The highest BCUT2D eigenvalue weighted by atomic mass is 32.2. The summed E-state index contributed by atoms with van der Waals surface area (Å²) in [6, 6.07) is 10.4. The maximum absolute atomic E-state index is 14.7. The number of amides is 1. The first-order valence-electron chi connectivity index (χ1n) is 13.7. The van der Waals surface area contributed by atoms with Gasteiger partial charge in [0.2, 0.25) is 5.91 Å². The molecule has 40 heavy (non-hydrogen) atoms. The monoisotopic (exact) mass is 582 g/mol. The van der Waals surface area contributed by atoms with Crippen molar-refractivity contribution in [3.05, 3.63) is 52.8 Å². The lowest BCUT2D eigenvalue weighted by atomic mass is 9.75. The molecule has 0 spiro atoms. The van der Waals surface area contributed by atoms with Gasteiger partial charge in [0.1, 0.15) is 28.2 Å². The fraction of sp³-hybridized carbons (Fsp3) is 0.483. The van der Waals surface area contributed by atoms with E-state index in [0.717, 1.165) is 34.9 Å². The summed E-state index contributed by atoms with van der Waals surface area (Å²) < 4.78 is 26.4. The number of nitrogens with zero attached hydrogens (tertiary/aromatic N) is 3. The van der Waals surface area contributed by atoms with E-state index in [1.165, 1.54) is 11.3 Å². The molecule has 1 unspecified atom stereocenters. The minimum absolute atomic E-state index is 0.0972. The molecule has 11 heteroatoms. The van der Waals surface area contributed by atoms with Gasteiger partial charge in [-0.15, -0.1) is 11.3 Å². The Morgan fingerprint density at radius 3 is 2.58 bits per heavy atom. The van der Waals surface area contributed by atoms with E-state index in [-0.39, 0.29) is 18.2 Å². The average molecular weight is 583 g/mol. The summed E-state index contributed by atoms with van der Waals surface area (Å²) in [5, 5.41) is 13.0. The molecule has 3 aliphatic rings. The summed E-state index contributed by atoms with van der Waals surface area (Å²) in [4.78, 5) is 21.5. The first-order valence-corrected chi connectivity index (χ1v) is 16.0. The number of rotatable bonds is 7. The molecule has 2 heterocycles. The lowest BCUT2D eigenvalue weighted by Gasteiger charge is -2.32. The van der Waals surface area contributed by atoms with Crippen LogP contribution < -0.4 is 21.7 Å². The Hall–Kier alpha value is -3.07. The second-order valence-electron chi connectivity index (χ2n) is 11.0. The highest BCUT2D eigenvalue weighted by Crippen LogP contribution is 2.46. The minimum Gasteiger partial charge on any atom is -0.616 e. The number of aromatic nitrogens is 1. The van der Waals surface area contributed by atoms with Gasteiger partial charge in [-0.05, 0) is 68.9 Å². The van der Waals surface area contributed by atoms with Gasteiger partial charge in [0.25, 0.3) is 0 Å². The van der Waals surface area contributed by atoms with Crippen LogP contribution >= 0.6 is 11.3 Å². The van der Waals surface area contributed by atoms with Crippen molar-refractivity contribution in [2.45, 2.75) is 56.7 Å². The number of halogens is 1. The van der Waals surface area contributed by atoms with Crippen molar-refractivity contribution in [1.29, 1.82) is 5.26 Å². The highest BCUT2D eigenvalue weighted by Gasteiger charge is 2.48. The molecule has 5 rings (SSSR count). The fourth-order valence-electron chi connectivity index (χ4n) is 5.38. The molecule has 8 nitrogen and oxygen atoms in total. The first-order chi connectivity index (χ1) is 19.2. The van der Waals surface area contributed by atoms with Crippen LogP contribution in [0.2, 0.25) is 0 Å². The van der Waals surface area contributed by atoms with Gasteiger partial charge >= 0.3 is 0 Å². The summed E-state index contributed by atoms with van der Waals surface area (Å²) in [5.41, 5.74) is 15.2. The molecule has 2 aliphatic carbocycles. The number of hydrogen-bond donors (Lipinski definition) is 3. The van der Waals surface area contributed by atoms with Crippen molar-refractivity contribution < 1.29 is 13.7 Å². The van der Waals surface area contributed by atoms with Gasteiger partial charge in [-0.1, -0.05) is 23.3 Å². The number of carbonyl (C=O) groups excluding carboxylic acids is 1. The van der Waals surface area contributed by atoms with Gasteiger partial charge in [0.15, 0.2) is 0 Å². The molecule has 5 N–H and O–H groups in total. The van der Waals surface area contributed by atoms with Crippen LogP contribution in [0.25, 0.3) is 16.1 Å². The van der Waals surface area contributed by atoms with E-state index in [0.29, 0.717) is 53.6 Å². The molecular formula is C29H35FN6O2S2. The fourth-order valence-corrected chi connectivity index (χ4v) is 7.51. The summed E-state index contributed by atoms with van der Waals surface area (Å²) in [6.07, 6.45) is 4.52. The Morgan fingerprint density at radius 2 is 1.95 bits per heavy atom. The van der Waals surface area contributed by atoms with E-state index in [1.54, 1.807) is 19.1 Å². The van der Waals surface area contributed by atoms with Crippen LogP contribution in [0.1, 0.15) is 55.6 Å². The standard InChI is InChI=1S/C29H35FN6O2S2/c1-18(32)2-9-24(33)28-34-25(22-8-5-20(30)16-23(22)27(37)35-29(17-31)10-11-29)26(39-28)19-3-6-21(7-4-19)36-12-14-40(38)15-13-36/h2-4,6-7,9,20,22-23H,5,8,10-16,32-33H2,1H3,(H,35,37)/b18-2-,24-9-/t20-,22+,23?/m0/s1. The molecule has 1 saturated heterocycles. The van der Waals surface area contributed by atoms with Crippen LogP contribution in [0.3, 0.4) is 0 Å². The Labute approximate surface area is 241 Å². The lowest BCUT2D eigenvalue weighted by molar-refractivity contribution is -0.128. The van der Waals surface area contributed by atoms with Gasteiger partial charge in [-0.25, -0.2) is 9.37 Å². The SMILES string of the molecule is C/C(N)=C/C=C(\N)c1nc([C@@H]2CC[C@H](F)CC2C(=O)NC2(C#N)CC2)c(-c2ccc(N3CC[S+]([O-])CC3)cc2)s1. The lowest BCUT2D eigenvalue weighted by Crippen LogP contribution is -2.44. The van der Waals surface area contributed by atoms with E-state index in [9.17, 15) is 19.0 Å². The topological polar surface area (TPSA) is 144 Å². The predicted molar refractivity (Wildman–Crippen MR) is 158 cm³/mol. The van der Waals surface area contributed by atoms with Crippen LogP contribution in [-0.2, 0) is 16.0 Å². The number of hydrogen-bond acceptors (Lipinski definition) is 8. The third-order valence-electron chi connectivity index (χ3n) is 7.90. The van der Waals surface area contributed by atoms with Crippen molar-refractivity contribution in [2.75, 3.05) is 29.5 Å². The number of carbonyl (C=O) groups is 1. The summed E-state index contributed by atoms with van der Waals surface area (Å²) >= 11 is 0.697. The molecule has 3 fully saturated rings. The van der Waals surface area contributed by atoms with E-state index in [2.05, 4.69) is 28.4 Å². The molecule has 1 aromatic carbocycles. The van der Waals surface area contributed by atoms with Crippen molar-refractivity contribution in [1.82, 2.24) is 10.3 Å². The van der Waals surface area contributed by atoms with E-state index in [4.69, 9.17) is 16.5 Å². The predicted octanol–water partition coefficient (Wildman–Crippen LogP) is 3.94. The second kappa shape index (κ2) is 11.8. The maximum atomic E-state index is 14.7. The number of anilines is 1. The van der Waals surface area contributed by atoms with E-state index < -0.39 is 28.8 Å². The van der Waals surface area contributed by atoms with E-state index >= 15 is 0 Å². The van der Waals surface area contributed by atoms with Crippen molar-refractivity contribution in [3.8, 4) is 16.5 Å². The molecule has 1 aliphatic heterocycles. The molecule has 212 valence electrons. The molecule has 1 aromatic heterocycles.